The van der Waals surface area contributed by atoms with Crippen LogP contribution in [0.2, 0.25) is 0 Å². The maximum atomic E-state index is 14.1. The molecule has 4 nitrogen and oxygen atoms in total. The summed E-state index contributed by atoms with van der Waals surface area (Å²) in [6.07, 6.45) is 5.88. The number of carbonyl (C=O) groups excluding carboxylic acids is 1. The van der Waals surface area contributed by atoms with E-state index in [2.05, 4.69) is 64.3 Å². The van der Waals surface area contributed by atoms with E-state index in [-0.39, 0.29) is 17.6 Å². The molecule has 0 amide bonds. The van der Waals surface area contributed by atoms with Crippen molar-refractivity contribution in [1.29, 1.82) is 0 Å². The average molecular weight is 477 g/mol. The summed E-state index contributed by atoms with van der Waals surface area (Å²) in [5.74, 6) is 2.73. The highest BCUT2D eigenvalue weighted by molar-refractivity contribution is 5.99. The summed E-state index contributed by atoms with van der Waals surface area (Å²) in [6, 6.07) is 30.7. The maximum Gasteiger partial charge on any atom is 0.168 e. The number of rotatable bonds is 7. The number of carbonyl (C=O) groups is 1. The molecule has 0 saturated carbocycles. The number of nitrogens with zero attached hydrogens (tertiary/aromatic N) is 2. The van der Waals surface area contributed by atoms with Gasteiger partial charge < -0.3 is 9.64 Å². The molecule has 2 heterocycles. The minimum Gasteiger partial charge on any atom is -0.379 e. The third-order valence-electron chi connectivity index (χ3n) is 7.20. The molecule has 2 unspecified atom stereocenters. The molecule has 2 aliphatic rings. The number of ether oxygens (including phenoxy) is 1. The normalized spacial score (nSPS) is 20.7. The maximum absolute atomic E-state index is 14.1. The van der Waals surface area contributed by atoms with Gasteiger partial charge in [0.05, 0.1) is 25.7 Å². The number of terminal acetylenes is 1. The van der Waals surface area contributed by atoms with Crippen molar-refractivity contribution in [2.75, 3.05) is 45.9 Å². The number of ketones is 1. The molecule has 3 aromatic carbocycles. The molecular weight excluding hydrogens is 444 g/mol. The molecule has 2 atom stereocenters. The van der Waals surface area contributed by atoms with Crippen molar-refractivity contribution in [2.24, 2.45) is 5.92 Å². The molecular formula is C32H32N2O2. The summed E-state index contributed by atoms with van der Waals surface area (Å²) < 4.78 is 5.64. The van der Waals surface area contributed by atoms with Crippen LogP contribution in [0.3, 0.4) is 0 Å². The van der Waals surface area contributed by atoms with Crippen LogP contribution in [0, 0.1) is 18.3 Å². The van der Waals surface area contributed by atoms with Crippen molar-refractivity contribution in [3.05, 3.63) is 113 Å². The third kappa shape index (κ3) is 5.14. The van der Waals surface area contributed by atoms with Gasteiger partial charge in [0.1, 0.15) is 0 Å². The second-order valence-corrected chi connectivity index (χ2v) is 9.44. The van der Waals surface area contributed by atoms with Crippen LogP contribution in [-0.4, -0.2) is 61.5 Å². The predicted molar refractivity (Wildman–Crippen MR) is 144 cm³/mol. The van der Waals surface area contributed by atoms with E-state index < -0.39 is 0 Å². The molecule has 1 saturated heterocycles. The molecule has 2 aliphatic heterocycles. The molecule has 0 radical (unpaired) electrons. The predicted octanol–water partition coefficient (Wildman–Crippen LogP) is 4.96. The van der Waals surface area contributed by atoms with Gasteiger partial charge in [-0.15, -0.1) is 6.42 Å². The minimum atomic E-state index is -0.244. The first-order chi connectivity index (χ1) is 17.8. The van der Waals surface area contributed by atoms with E-state index in [1.165, 1.54) is 11.1 Å². The second-order valence-electron chi connectivity index (χ2n) is 9.44. The molecule has 182 valence electrons. The van der Waals surface area contributed by atoms with E-state index in [0.717, 1.165) is 49.7 Å². The van der Waals surface area contributed by atoms with E-state index in [0.29, 0.717) is 13.1 Å². The lowest BCUT2D eigenvalue weighted by Crippen LogP contribution is -2.45. The van der Waals surface area contributed by atoms with Gasteiger partial charge in [-0.2, -0.15) is 0 Å². The van der Waals surface area contributed by atoms with Crippen LogP contribution in [0.1, 0.15) is 27.4 Å². The first-order valence-electron chi connectivity index (χ1n) is 12.7. The summed E-state index contributed by atoms with van der Waals surface area (Å²) in [5, 5.41) is 0. The molecule has 0 bridgehead atoms. The summed E-state index contributed by atoms with van der Waals surface area (Å²) in [4.78, 5) is 18.8. The summed E-state index contributed by atoms with van der Waals surface area (Å²) in [7, 11) is 0. The topological polar surface area (TPSA) is 32.8 Å². The van der Waals surface area contributed by atoms with Crippen molar-refractivity contribution in [1.82, 2.24) is 9.80 Å². The van der Waals surface area contributed by atoms with Crippen LogP contribution < -0.4 is 0 Å². The lowest BCUT2D eigenvalue weighted by molar-refractivity contribution is 0.0407. The van der Waals surface area contributed by atoms with Gasteiger partial charge in [0.15, 0.2) is 5.78 Å². The fourth-order valence-corrected chi connectivity index (χ4v) is 5.56. The Morgan fingerprint density at radius 3 is 2.14 bits per heavy atom. The number of Topliss-reactive ketones (excluding diaryl/α,β-unsaturated/α-hetero) is 1. The van der Waals surface area contributed by atoms with Gasteiger partial charge in [-0.3, -0.25) is 9.69 Å². The Morgan fingerprint density at radius 2 is 1.50 bits per heavy atom. The Balaban J connectivity index is 1.70. The fourth-order valence-electron chi connectivity index (χ4n) is 5.56. The molecule has 0 aromatic heterocycles. The SMILES string of the molecule is C#CCN1CC(C(=O)c2ccccc2)C(c2ccccc2)C(CN2CCOCC2)=C1c1ccccc1. The van der Waals surface area contributed by atoms with Gasteiger partial charge in [0.2, 0.25) is 0 Å². The molecule has 4 heteroatoms. The largest absolute Gasteiger partial charge is 0.379 e. The fraction of sp³-hybridized carbons (Fsp3) is 0.281. The van der Waals surface area contributed by atoms with Crippen LogP contribution >= 0.6 is 0 Å². The van der Waals surface area contributed by atoms with E-state index in [9.17, 15) is 4.79 Å². The quantitative estimate of drug-likeness (QED) is 0.356. The molecule has 0 spiro atoms. The van der Waals surface area contributed by atoms with Crippen LogP contribution in [0.5, 0.6) is 0 Å². The highest BCUT2D eigenvalue weighted by atomic mass is 16.5. The highest BCUT2D eigenvalue weighted by Crippen LogP contribution is 2.44. The molecule has 0 N–H and O–H groups in total. The number of hydrogen-bond donors (Lipinski definition) is 0. The zero-order valence-corrected chi connectivity index (χ0v) is 20.6. The van der Waals surface area contributed by atoms with Gasteiger partial charge in [0, 0.05) is 43.4 Å². The highest BCUT2D eigenvalue weighted by Gasteiger charge is 2.41. The number of morpholine rings is 1. The lowest BCUT2D eigenvalue weighted by atomic mass is 9.72. The lowest BCUT2D eigenvalue weighted by Gasteiger charge is -2.44. The molecule has 3 aromatic rings. The molecule has 5 rings (SSSR count). The zero-order valence-electron chi connectivity index (χ0n) is 20.6. The summed E-state index contributed by atoms with van der Waals surface area (Å²) in [6.45, 7) is 5.01. The van der Waals surface area contributed by atoms with Gasteiger partial charge >= 0.3 is 0 Å². The number of benzene rings is 3. The average Bonchev–Trinajstić information content (AvgIpc) is 2.94. The van der Waals surface area contributed by atoms with Crippen molar-refractivity contribution in [2.45, 2.75) is 5.92 Å². The van der Waals surface area contributed by atoms with Gasteiger partial charge in [-0.05, 0) is 16.7 Å². The Bertz CT molecular complexity index is 1230. The molecule has 36 heavy (non-hydrogen) atoms. The van der Waals surface area contributed by atoms with E-state index in [1.54, 1.807) is 0 Å². The third-order valence-corrected chi connectivity index (χ3v) is 7.20. The van der Waals surface area contributed by atoms with E-state index >= 15 is 0 Å². The number of hydrogen-bond acceptors (Lipinski definition) is 4. The van der Waals surface area contributed by atoms with Crippen molar-refractivity contribution in [3.63, 3.8) is 0 Å². The Morgan fingerprint density at radius 1 is 0.889 bits per heavy atom. The van der Waals surface area contributed by atoms with E-state index in [4.69, 9.17) is 11.2 Å². The van der Waals surface area contributed by atoms with E-state index in [1.807, 2.05) is 42.5 Å². The first-order valence-corrected chi connectivity index (χ1v) is 12.7. The van der Waals surface area contributed by atoms with Gasteiger partial charge in [-0.1, -0.05) is 96.9 Å². The summed E-state index contributed by atoms with van der Waals surface area (Å²) in [5.41, 5.74) is 5.47. The Kier molecular flexibility index (Phi) is 7.61. The van der Waals surface area contributed by atoms with Crippen LogP contribution in [0.4, 0.5) is 0 Å². The van der Waals surface area contributed by atoms with Gasteiger partial charge in [0.25, 0.3) is 0 Å². The standard InChI is InChI=1S/C32H32N2O2/c1-2-18-34-24-29(32(35)27-16-10-5-11-17-27)30(25-12-6-3-7-13-25)28(23-33-19-21-36-22-20-33)31(34)26-14-8-4-9-15-26/h1,3-17,29-30H,18-24H2. The Labute approximate surface area is 214 Å². The second kappa shape index (κ2) is 11.4. The minimum absolute atomic E-state index is 0.0500. The van der Waals surface area contributed by atoms with Crippen molar-refractivity contribution in [3.8, 4) is 12.3 Å². The molecule has 0 aliphatic carbocycles. The molecule has 1 fully saturated rings. The van der Waals surface area contributed by atoms with Crippen molar-refractivity contribution >= 4 is 11.5 Å². The van der Waals surface area contributed by atoms with Gasteiger partial charge in [-0.25, -0.2) is 0 Å². The Hall–Kier alpha value is -3.65. The van der Waals surface area contributed by atoms with Crippen LogP contribution in [0.15, 0.2) is 96.6 Å². The van der Waals surface area contributed by atoms with Crippen LogP contribution in [0.25, 0.3) is 5.70 Å². The van der Waals surface area contributed by atoms with Crippen LogP contribution in [-0.2, 0) is 4.74 Å². The smallest absolute Gasteiger partial charge is 0.168 e. The monoisotopic (exact) mass is 476 g/mol. The van der Waals surface area contributed by atoms with Crippen molar-refractivity contribution < 1.29 is 9.53 Å². The first kappa shape index (κ1) is 24.1. The zero-order chi connectivity index (χ0) is 24.7. The summed E-state index contributed by atoms with van der Waals surface area (Å²) >= 11 is 0.